The predicted molar refractivity (Wildman–Crippen MR) is 96.3 cm³/mol. The number of carbonyl (C=O) groups is 1. The Labute approximate surface area is 145 Å². The second kappa shape index (κ2) is 10.5. The highest BCUT2D eigenvalue weighted by molar-refractivity contribution is 5.85. The summed E-state index contributed by atoms with van der Waals surface area (Å²) in [5, 5.41) is 6.41. The number of para-hydroxylation sites is 1. The Hall–Kier alpha value is -1.26. The minimum absolute atomic E-state index is 0. The van der Waals surface area contributed by atoms with Gasteiger partial charge in [-0.05, 0) is 55.8 Å². The second-order valence-electron chi connectivity index (χ2n) is 6.32. The Morgan fingerprint density at radius 2 is 2.22 bits per heavy atom. The minimum atomic E-state index is 0. The van der Waals surface area contributed by atoms with Gasteiger partial charge in [0, 0.05) is 13.0 Å². The Bertz CT molecular complexity index is 476. The summed E-state index contributed by atoms with van der Waals surface area (Å²) in [7, 11) is 1.69. The molecular formula is C18H29ClN2O2. The zero-order chi connectivity index (χ0) is 15.8. The third-order valence-corrected chi connectivity index (χ3v) is 4.33. The molecule has 2 unspecified atom stereocenters. The number of methoxy groups -OCH3 is 1. The van der Waals surface area contributed by atoms with E-state index in [4.69, 9.17) is 4.74 Å². The molecule has 1 fully saturated rings. The Morgan fingerprint density at radius 1 is 1.43 bits per heavy atom. The van der Waals surface area contributed by atoms with E-state index in [0.29, 0.717) is 12.3 Å². The Balaban J connectivity index is 0.00000264. The maximum Gasteiger partial charge on any atom is 0.220 e. The van der Waals surface area contributed by atoms with Gasteiger partial charge in [0.1, 0.15) is 5.75 Å². The number of amides is 1. The van der Waals surface area contributed by atoms with Gasteiger partial charge in [0.2, 0.25) is 5.91 Å². The molecule has 1 aromatic rings. The van der Waals surface area contributed by atoms with Gasteiger partial charge in [-0.15, -0.1) is 12.4 Å². The summed E-state index contributed by atoms with van der Waals surface area (Å²) in [6.07, 6.45) is 3.75. The average molecular weight is 341 g/mol. The van der Waals surface area contributed by atoms with Crippen molar-refractivity contribution >= 4 is 18.3 Å². The van der Waals surface area contributed by atoms with E-state index in [1.54, 1.807) is 7.11 Å². The molecule has 2 rings (SSSR count). The van der Waals surface area contributed by atoms with Gasteiger partial charge in [-0.1, -0.05) is 25.1 Å². The molecule has 1 aliphatic rings. The molecule has 5 heteroatoms. The molecule has 1 amide bonds. The van der Waals surface area contributed by atoms with Crippen LogP contribution >= 0.6 is 12.4 Å². The summed E-state index contributed by atoms with van der Waals surface area (Å²) < 4.78 is 5.37. The van der Waals surface area contributed by atoms with E-state index in [2.05, 4.69) is 23.6 Å². The van der Waals surface area contributed by atoms with Gasteiger partial charge < -0.3 is 15.4 Å². The highest BCUT2D eigenvalue weighted by Crippen LogP contribution is 2.22. The molecule has 1 aromatic carbocycles. The zero-order valence-electron chi connectivity index (χ0n) is 14.1. The van der Waals surface area contributed by atoms with Gasteiger partial charge in [0.25, 0.3) is 0 Å². The maximum atomic E-state index is 12.0. The van der Waals surface area contributed by atoms with E-state index >= 15 is 0 Å². The normalized spacial score (nSPS) is 18.1. The smallest absolute Gasteiger partial charge is 0.220 e. The standard InChI is InChI=1S/C18H28N2O2.ClH/c1-14(11-16-5-3-4-6-17(16)22-2)12-18(21)20-10-8-15-7-9-19-13-15;/h3-6,14-15,19H,7-13H2,1-2H3,(H,20,21);1H. The molecule has 0 spiro atoms. The first-order valence-corrected chi connectivity index (χ1v) is 8.28. The van der Waals surface area contributed by atoms with Crippen LogP contribution in [0.1, 0.15) is 31.7 Å². The van der Waals surface area contributed by atoms with Crippen LogP contribution in [0.4, 0.5) is 0 Å². The largest absolute Gasteiger partial charge is 0.496 e. The van der Waals surface area contributed by atoms with Crippen molar-refractivity contribution < 1.29 is 9.53 Å². The molecule has 0 aromatic heterocycles. The van der Waals surface area contributed by atoms with Crippen molar-refractivity contribution in [2.75, 3.05) is 26.7 Å². The summed E-state index contributed by atoms with van der Waals surface area (Å²) in [6, 6.07) is 8.02. The summed E-state index contributed by atoms with van der Waals surface area (Å²) in [4.78, 5) is 12.0. The topological polar surface area (TPSA) is 50.4 Å². The van der Waals surface area contributed by atoms with E-state index in [9.17, 15) is 4.79 Å². The monoisotopic (exact) mass is 340 g/mol. The van der Waals surface area contributed by atoms with Crippen LogP contribution in [-0.2, 0) is 11.2 Å². The molecule has 130 valence electrons. The van der Waals surface area contributed by atoms with E-state index in [0.717, 1.165) is 44.1 Å². The molecule has 4 nitrogen and oxygen atoms in total. The predicted octanol–water partition coefficient (Wildman–Crippen LogP) is 2.80. The lowest BCUT2D eigenvalue weighted by molar-refractivity contribution is -0.121. The van der Waals surface area contributed by atoms with Crippen molar-refractivity contribution in [1.82, 2.24) is 10.6 Å². The first-order chi connectivity index (χ1) is 10.7. The SMILES string of the molecule is COc1ccccc1CC(C)CC(=O)NCCC1CCNC1.Cl. The zero-order valence-corrected chi connectivity index (χ0v) is 15.0. The quantitative estimate of drug-likeness (QED) is 0.765. The van der Waals surface area contributed by atoms with Gasteiger partial charge >= 0.3 is 0 Å². The van der Waals surface area contributed by atoms with Gasteiger partial charge in [0.15, 0.2) is 0 Å². The van der Waals surface area contributed by atoms with Gasteiger partial charge in [0.05, 0.1) is 7.11 Å². The van der Waals surface area contributed by atoms with Crippen LogP contribution in [0, 0.1) is 11.8 Å². The number of hydrogen-bond acceptors (Lipinski definition) is 3. The number of halogens is 1. The third kappa shape index (κ3) is 6.80. The summed E-state index contributed by atoms with van der Waals surface area (Å²) >= 11 is 0. The molecule has 0 radical (unpaired) electrons. The van der Waals surface area contributed by atoms with Crippen molar-refractivity contribution in [3.63, 3.8) is 0 Å². The first-order valence-electron chi connectivity index (χ1n) is 8.28. The highest BCUT2D eigenvalue weighted by atomic mass is 35.5. The molecule has 0 saturated carbocycles. The summed E-state index contributed by atoms with van der Waals surface area (Å²) in [5.74, 6) is 2.10. The molecule has 1 saturated heterocycles. The van der Waals surface area contributed by atoms with Crippen LogP contribution in [0.15, 0.2) is 24.3 Å². The number of hydrogen-bond donors (Lipinski definition) is 2. The van der Waals surface area contributed by atoms with Crippen molar-refractivity contribution in [2.45, 2.75) is 32.6 Å². The molecular weight excluding hydrogens is 312 g/mol. The molecule has 2 atom stereocenters. The summed E-state index contributed by atoms with van der Waals surface area (Å²) in [6.45, 7) is 5.13. The fourth-order valence-corrected chi connectivity index (χ4v) is 3.08. The average Bonchev–Trinajstić information content (AvgIpc) is 3.01. The maximum absolute atomic E-state index is 12.0. The number of rotatable bonds is 8. The third-order valence-electron chi connectivity index (χ3n) is 4.33. The minimum Gasteiger partial charge on any atom is -0.496 e. The van der Waals surface area contributed by atoms with Crippen LogP contribution in [0.2, 0.25) is 0 Å². The number of carbonyl (C=O) groups excluding carboxylic acids is 1. The van der Waals surface area contributed by atoms with Crippen LogP contribution in [0.5, 0.6) is 5.75 Å². The van der Waals surface area contributed by atoms with Crippen LogP contribution < -0.4 is 15.4 Å². The first kappa shape index (κ1) is 19.8. The lowest BCUT2D eigenvalue weighted by Gasteiger charge is -2.14. The van der Waals surface area contributed by atoms with Crippen molar-refractivity contribution in [3.05, 3.63) is 29.8 Å². The molecule has 1 aliphatic heterocycles. The number of nitrogens with one attached hydrogen (secondary N) is 2. The molecule has 0 aliphatic carbocycles. The van der Waals surface area contributed by atoms with Crippen LogP contribution in [-0.4, -0.2) is 32.7 Å². The molecule has 2 N–H and O–H groups in total. The Kier molecular flexibility index (Phi) is 9.03. The van der Waals surface area contributed by atoms with Crippen molar-refractivity contribution in [2.24, 2.45) is 11.8 Å². The van der Waals surface area contributed by atoms with E-state index in [1.165, 1.54) is 12.0 Å². The molecule has 0 bridgehead atoms. The lowest BCUT2D eigenvalue weighted by Crippen LogP contribution is -2.28. The number of ether oxygens (including phenoxy) is 1. The van der Waals surface area contributed by atoms with Gasteiger partial charge in [-0.2, -0.15) is 0 Å². The second-order valence-corrected chi connectivity index (χ2v) is 6.32. The van der Waals surface area contributed by atoms with Crippen molar-refractivity contribution in [1.29, 1.82) is 0 Å². The fraction of sp³-hybridized carbons (Fsp3) is 0.611. The van der Waals surface area contributed by atoms with Gasteiger partial charge in [-0.25, -0.2) is 0 Å². The van der Waals surface area contributed by atoms with E-state index < -0.39 is 0 Å². The van der Waals surface area contributed by atoms with Gasteiger partial charge in [-0.3, -0.25) is 4.79 Å². The highest BCUT2D eigenvalue weighted by Gasteiger charge is 2.15. The molecule has 23 heavy (non-hydrogen) atoms. The summed E-state index contributed by atoms with van der Waals surface area (Å²) in [5.41, 5.74) is 1.17. The number of benzene rings is 1. The van der Waals surface area contributed by atoms with Crippen LogP contribution in [0.25, 0.3) is 0 Å². The Morgan fingerprint density at radius 3 is 2.91 bits per heavy atom. The molecule has 1 heterocycles. The van der Waals surface area contributed by atoms with E-state index in [1.807, 2.05) is 18.2 Å². The van der Waals surface area contributed by atoms with E-state index in [-0.39, 0.29) is 18.3 Å². The van der Waals surface area contributed by atoms with Crippen molar-refractivity contribution in [3.8, 4) is 5.75 Å². The van der Waals surface area contributed by atoms with Crippen LogP contribution in [0.3, 0.4) is 0 Å². The lowest BCUT2D eigenvalue weighted by atomic mass is 9.97. The fourth-order valence-electron chi connectivity index (χ4n) is 3.08.